The van der Waals surface area contributed by atoms with E-state index in [1.54, 1.807) is 14.2 Å². The van der Waals surface area contributed by atoms with Crippen molar-refractivity contribution in [2.75, 3.05) is 20.8 Å². The number of aromatic nitrogens is 1. The van der Waals surface area contributed by atoms with E-state index in [4.69, 9.17) is 14.2 Å². The van der Waals surface area contributed by atoms with Crippen molar-refractivity contribution < 1.29 is 19.0 Å². The lowest BCUT2D eigenvalue weighted by Crippen LogP contribution is -2.37. The molecule has 3 rings (SSSR count). The first kappa shape index (κ1) is 18.0. The first-order valence-corrected chi connectivity index (χ1v) is 8.61. The van der Waals surface area contributed by atoms with Gasteiger partial charge in [0.2, 0.25) is 11.8 Å². The number of ether oxygens (including phenoxy) is 3. The van der Waals surface area contributed by atoms with E-state index in [0.717, 1.165) is 28.1 Å². The molecule has 1 atom stereocenters. The van der Waals surface area contributed by atoms with Crippen molar-refractivity contribution >= 4 is 5.91 Å². The second-order valence-electron chi connectivity index (χ2n) is 6.45. The molecule has 0 saturated heterocycles. The van der Waals surface area contributed by atoms with Crippen LogP contribution in [0.5, 0.6) is 17.4 Å². The van der Waals surface area contributed by atoms with Crippen molar-refractivity contribution in [1.29, 1.82) is 0 Å². The third kappa shape index (κ3) is 3.59. The van der Waals surface area contributed by atoms with Gasteiger partial charge in [-0.2, -0.15) is 0 Å². The Hall–Kier alpha value is -2.76. The molecule has 1 amide bonds. The van der Waals surface area contributed by atoms with Crippen LogP contribution in [0.25, 0.3) is 0 Å². The molecular formula is C20H24N2O4. The average molecular weight is 356 g/mol. The minimum Gasteiger partial charge on any atom is -0.493 e. The van der Waals surface area contributed by atoms with Crippen molar-refractivity contribution in [3.05, 3.63) is 46.6 Å². The van der Waals surface area contributed by atoms with Crippen LogP contribution in [-0.2, 0) is 17.8 Å². The second-order valence-corrected chi connectivity index (χ2v) is 6.45. The Labute approximate surface area is 153 Å². The highest BCUT2D eigenvalue weighted by molar-refractivity contribution is 5.79. The number of aryl methyl sites for hydroxylation is 2. The molecule has 0 spiro atoms. The molecule has 0 aliphatic carbocycles. The highest BCUT2D eigenvalue weighted by Gasteiger charge is 2.28. The molecule has 26 heavy (non-hydrogen) atoms. The number of fused-ring (bicyclic) bond motifs is 1. The Bertz CT molecular complexity index is 820. The lowest BCUT2D eigenvalue weighted by Gasteiger charge is -2.26. The quantitative estimate of drug-likeness (QED) is 0.892. The van der Waals surface area contributed by atoms with Crippen molar-refractivity contribution in [3.8, 4) is 17.4 Å². The van der Waals surface area contributed by atoms with Gasteiger partial charge < -0.3 is 19.5 Å². The van der Waals surface area contributed by atoms with Crippen LogP contribution in [0.3, 0.4) is 0 Å². The fraction of sp³-hybridized carbons (Fsp3) is 0.400. The predicted molar refractivity (Wildman–Crippen MR) is 97.8 cm³/mol. The van der Waals surface area contributed by atoms with Crippen LogP contribution >= 0.6 is 0 Å². The van der Waals surface area contributed by atoms with Gasteiger partial charge in [0, 0.05) is 17.8 Å². The first-order valence-electron chi connectivity index (χ1n) is 8.61. The number of hydrogen-bond acceptors (Lipinski definition) is 5. The number of benzene rings is 1. The van der Waals surface area contributed by atoms with Gasteiger partial charge in [0.05, 0.1) is 20.1 Å². The number of nitrogens with one attached hydrogen (secondary N) is 1. The maximum Gasteiger partial charge on any atom is 0.227 e. The summed E-state index contributed by atoms with van der Waals surface area (Å²) in [5.74, 6) is 1.71. The van der Waals surface area contributed by atoms with Crippen LogP contribution in [0.15, 0.2) is 24.3 Å². The fourth-order valence-corrected chi connectivity index (χ4v) is 3.26. The number of pyridine rings is 1. The van der Waals surface area contributed by atoms with Crippen molar-refractivity contribution in [1.82, 2.24) is 10.3 Å². The molecule has 1 aromatic carbocycles. The number of hydrogen-bond donors (Lipinski definition) is 1. The first-order chi connectivity index (χ1) is 12.5. The van der Waals surface area contributed by atoms with E-state index in [1.807, 2.05) is 38.1 Å². The van der Waals surface area contributed by atoms with E-state index in [1.165, 1.54) is 0 Å². The Kier molecular flexibility index (Phi) is 5.30. The van der Waals surface area contributed by atoms with Crippen LogP contribution in [0.2, 0.25) is 0 Å². The summed E-state index contributed by atoms with van der Waals surface area (Å²) in [4.78, 5) is 17.0. The monoisotopic (exact) mass is 356 g/mol. The van der Waals surface area contributed by atoms with Crippen LogP contribution < -0.4 is 19.5 Å². The van der Waals surface area contributed by atoms with Crippen molar-refractivity contribution in [2.45, 2.75) is 26.8 Å². The van der Waals surface area contributed by atoms with Gasteiger partial charge in [0.15, 0.2) is 11.5 Å². The Morgan fingerprint density at radius 1 is 1.31 bits per heavy atom. The van der Waals surface area contributed by atoms with Crippen molar-refractivity contribution in [2.24, 2.45) is 5.92 Å². The molecule has 1 aromatic heterocycles. The van der Waals surface area contributed by atoms with Gasteiger partial charge >= 0.3 is 0 Å². The molecule has 1 N–H and O–H groups in total. The molecule has 2 heterocycles. The Balaban J connectivity index is 1.68. The summed E-state index contributed by atoms with van der Waals surface area (Å²) in [6, 6.07) is 7.72. The standard InChI is InChI=1S/C20H24N2O4/c1-12-8-13(2)22-20(25-4)16(12)10-21-19(23)15-9-14-6-5-7-17(24-3)18(14)26-11-15/h5-8,15H,9-11H2,1-4H3,(H,21,23)/t15-/m0/s1. The van der Waals surface area contributed by atoms with Crippen LogP contribution in [-0.4, -0.2) is 31.7 Å². The number of rotatable bonds is 5. The molecule has 2 aromatic rings. The van der Waals surface area contributed by atoms with Crippen LogP contribution in [0.1, 0.15) is 22.4 Å². The second kappa shape index (κ2) is 7.64. The van der Waals surface area contributed by atoms with Gasteiger partial charge in [-0.3, -0.25) is 4.79 Å². The van der Waals surface area contributed by atoms with E-state index < -0.39 is 0 Å². The average Bonchev–Trinajstić information content (AvgIpc) is 2.65. The van der Waals surface area contributed by atoms with E-state index in [-0.39, 0.29) is 11.8 Å². The highest BCUT2D eigenvalue weighted by atomic mass is 16.5. The molecular weight excluding hydrogens is 332 g/mol. The van der Waals surface area contributed by atoms with Crippen LogP contribution in [0.4, 0.5) is 0 Å². The van der Waals surface area contributed by atoms with Gasteiger partial charge in [-0.25, -0.2) is 4.98 Å². The molecule has 6 nitrogen and oxygen atoms in total. The van der Waals surface area contributed by atoms with E-state index in [0.29, 0.717) is 31.2 Å². The molecule has 0 saturated carbocycles. The minimum atomic E-state index is -0.237. The number of carbonyl (C=O) groups excluding carboxylic acids is 1. The minimum absolute atomic E-state index is 0.0412. The highest BCUT2D eigenvalue weighted by Crippen LogP contribution is 2.36. The third-order valence-electron chi connectivity index (χ3n) is 4.62. The van der Waals surface area contributed by atoms with Gasteiger partial charge in [-0.1, -0.05) is 12.1 Å². The molecule has 0 fully saturated rings. The summed E-state index contributed by atoms with van der Waals surface area (Å²) in [5, 5.41) is 2.99. The molecule has 1 aliphatic rings. The fourth-order valence-electron chi connectivity index (χ4n) is 3.26. The molecule has 1 aliphatic heterocycles. The van der Waals surface area contributed by atoms with E-state index in [2.05, 4.69) is 10.3 Å². The summed E-state index contributed by atoms with van der Waals surface area (Å²) in [6.45, 7) is 4.62. The maximum atomic E-state index is 12.6. The number of nitrogens with zero attached hydrogens (tertiary/aromatic N) is 1. The van der Waals surface area contributed by atoms with Crippen molar-refractivity contribution in [3.63, 3.8) is 0 Å². The Morgan fingerprint density at radius 3 is 2.85 bits per heavy atom. The zero-order valence-electron chi connectivity index (χ0n) is 15.6. The molecule has 138 valence electrons. The summed E-state index contributed by atoms with van der Waals surface area (Å²) in [6.07, 6.45) is 0.626. The van der Waals surface area contributed by atoms with Gasteiger partial charge in [0.25, 0.3) is 0 Å². The zero-order valence-corrected chi connectivity index (χ0v) is 15.6. The largest absolute Gasteiger partial charge is 0.493 e. The maximum absolute atomic E-state index is 12.6. The molecule has 6 heteroatoms. The van der Waals surface area contributed by atoms with Gasteiger partial charge in [0.1, 0.15) is 6.61 Å². The molecule has 0 unspecified atom stereocenters. The topological polar surface area (TPSA) is 69.7 Å². The predicted octanol–water partition coefficient (Wildman–Crippen LogP) is 2.58. The lowest BCUT2D eigenvalue weighted by atomic mass is 9.95. The van der Waals surface area contributed by atoms with Gasteiger partial charge in [-0.05, 0) is 43.5 Å². The smallest absolute Gasteiger partial charge is 0.227 e. The number of amides is 1. The summed E-state index contributed by atoms with van der Waals surface area (Å²) >= 11 is 0. The van der Waals surface area contributed by atoms with Gasteiger partial charge in [-0.15, -0.1) is 0 Å². The summed E-state index contributed by atoms with van der Waals surface area (Å²) in [7, 11) is 3.20. The SMILES string of the molecule is COc1cccc2c1OC[C@@H](C(=O)NCc1c(C)cc(C)nc1OC)C2. The zero-order chi connectivity index (χ0) is 18.7. The lowest BCUT2D eigenvalue weighted by molar-refractivity contribution is -0.126. The van der Waals surface area contributed by atoms with E-state index >= 15 is 0 Å². The van der Waals surface area contributed by atoms with E-state index in [9.17, 15) is 4.79 Å². The Morgan fingerprint density at radius 2 is 2.12 bits per heavy atom. The number of para-hydroxylation sites is 1. The third-order valence-corrected chi connectivity index (χ3v) is 4.62. The summed E-state index contributed by atoms with van der Waals surface area (Å²) in [5.41, 5.74) is 3.82. The number of methoxy groups -OCH3 is 2. The number of carbonyl (C=O) groups is 1. The van der Waals surface area contributed by atoms with Crippen LogP contribution in [0, 0.1) is 19.8 Å². The normalized spacial score (nSPS) is 15.6. The molecule has 0 radical (unpaired) electrons. The summed E-state index contributed by atoms with van der Waals surface area (Å²) < 4.78 is 16.5. The molecule has 0 bridgehead atoms.